The Kier molecular flexibility index (Phi) is 7.63. The Hall–Kier alpha value is -4.03. The number of carbonyl (C=O) groups is 1. The maximum atomic E-state index is 12.0. The molecule has 0 aliphatic heterocycles. The van der Waals surface area contributed by atoms with Gasteiger partial charge in [-0.2, -0.15) is 5.10 Å². The summed E-state index contributed by atoms with van der Waals surface area (Å²) in [7, 11) is 1.59. The Morgan fingerprint density at radius 1 is 0.941 bits per heavy atom. The molecule has 0 spiro atoms. The summed E-state index contributed by atoms with van der Waals surface area (Å²) < 4.78 is 16.9. The molecule has 4 aromatic rings. The van der Waals surface area contributed by atoms with E-state index in [1.54, 1.807) is 37.4 Å². The number of methoxy groups -OCH3 is 1. The summed E-state index contributed by atoms with van der Waals surface area (Å²) in [6.07, 6.45) is 1.53. The first-order valence-electron chi connectivity index (χ1n) is 10.6. The van der Waals surface area contributed by atoms with Gasteiger partial charge in [-0.15, -0.1) is 0 Å². The number of hydrazone groups is 1. The van der Waals surface area contributed by atoms with Crippen molar-refractivity contribution in [1.82, 2.24) is 5.43 Å². The second-order valence-electron chi connectivity index (χ2n) is 7.37. The quantitative estimate of drug-likeness (QED) is 0.253. The zero-order valence-corrected chi connectivity index (χ0v) is 19.3. The summed E-state index contributed by atoms with van der Waals surface area (Å²) >= 11 is 5.83. The third-order valence-corrected chi connectivity index (χ3v) is 5.29. The van der Waals surface area contributed by atoms with Gasteiger partial charge in [0.15, 0.2) is 18.1 Å². The van der Waals surface area contributed by atoms with E-state index >= 15 is 0 Å². The van der Waals surface area contributed by atoms with Crippen LogP contribution in [0.5, 0.6) is 17.2 Å². The predicted molar refractivity (Wildman–Crippen MR) is 134 cm³/mol. The lowest BCUT2D eigenvalue weighted by Crippen LogP contribution is -2.24. The topological polar surface area (TPSA) is 69.2 Å². The molecule has 4 aromatic carbocycles. The van der Waals surface area contributed by atoms with Crippen molar-refractivity contribution >= 4 is 34.5 Å². The normalized spacial score (nSPS) is 10.9. The molecule has 0 atom stereocenters. The third kappa shape index (κ3) is 6.05. The smallest absolute Gasteiger partial charge is 0.277 e. The monoisotopic (exact) mass is 474 g/mol. The number of benzene rings is 4. The van der Waals surface area contributed by atoms with Gasteiger partial charge in [-0.05, 0) is 64.4 Å². The fourth-order valence-corrected chi connectivity index (χ4v) is 3.48. The van der Waals surface area contributed by atoms with Crippen molar-refractivity contribution in [2.75, 3.05) is 13.7 Å². The molecule has 0 aromatic heterocycles. The van der Waals surface area contributed by atoms with Gasteiger partial charge < -0.3 is 14.2 Å². The molecule has 0 unspecified atom stereocenters. The van der Waals surface area contributed by atoms with Crippen LogP contribution in [-0.4, -0.2) is 25.8 Å². The molecular formula is C27H23ClN2O4. The van der Waals surface area contributed by atoms with E-state index < -0.39 is 0 Å². The number of amides is 1. The van der Waals surface area contributed by atoms with E-state index in [1.807, 2.05) is 36.4 Å². The molecule has 0 saturated carbocycles. The van der Waals surface area contributed by atoms with Crippen molar-refractivity contribution < 1.29 is 19.0 Å². The first kappa shape index (κ1) is 23.1. The van der Waals surface area contributed by atoms with Crippen LogP contribution in [-0.2, 0) is 11.4 Å². The van der Waals surface area contributed by atoms with Gasteiger partial charge in [0.1, 0.15) is 12.4 Å². The summed E-state index contributed by atoms with van der Waals surface area (Å²) in [6, 6.07) is 26.5. The van der Waals surface area contributed by atoms with E-state index in [4.69, 9.17) is 25.8 Å². The lowest BCUT2D eigenvalue weighted by molar-refractivity contribution is -0.123. The zero-order valence-electron chi connectivity index (χ0n) is 18.5. The molecule has 1 amide bonds. The van der Waals surface area contributed by atoms with Crippen LogP contribution in [0.1, 0.15) is 11.1 Å². The molecule has 0 bridgehead atoms. The third-order valence-electron chi connectivity index (χ3n) is 5.04. The second kappa shape index (κ2) is 11.2. The van der Waals surface area contributed by atoms with Gasteiger partial charge in [-0.3, -0.25) is 4.79 Å². The van der Waals surface area contributed by atoms with Gasteiger partial charge in [0.05, 0.1) is 13.3 Å². The average Bonchev–Trinajstić information content (AvgIpc) is 2.87. The number of halogens is 1. The number of carbonyl (C=O) groups excluding carboxylic acids is 1. The van der Waals surface area contributed by atoms with Gasteiger partial charge >= 0.3 is 0 Å². The largest absolute Gasteiger partial charge is 0.493 e. The van der Waals surface area contributed by atoms with Crippen LogP contribution in [0.3, 0.4) is 0 Å². The Morgan fingerprint density at radius 2 is 1.74 bits per heavy atom. The van der Waals surface area contributed by atoms with Gasteiger partial charge in [0, 0.05) is 5.02 Å². The number of nitrogens with one attached hydrogen (secondary N) is 1. The summed E-state index contributed by atoms with van der Waals surface area (Å²) in [5, 5.41) is 6.90. The van der Waals surface area contributed by atoms with Crippen LogP contribution in [0.2, 0.25) is 5.02 Å². The zero-order chi connectivity index (χ0) is 23.8. The standard InChI is InChI=1S/C27H23ClN2O4/c1-32-25-14-9-19(16-29-30-27(31)18-33-23-12-10-22(28)11-13-23)15-26(25)34-17-21-7-4-6-20-5-2-3-8-24(20)21/h2-16H,17-18H2,1H3,(H,30,31)/b29-16-. The van der Waals surface area contributed by atoms with Crippen LogP contribution >= 0.6 is 11.6 Å². The van der Waals surface area contributed by atoms with E-state index in [0.29, 0.717) is 28.9 Å². The fourth-order valence-electron chi connectivity index (χ4n) is 3.35. The van der Waals surface area contributed by atoms with E-state index in [-0.39, 0.29) is 12.5 Å². The van der Waals surface area contributed by atoms with Gasteiger partial charge in [0.2, 0.25) is 0 Å². The number of hydrogen-bond acceptors (Lipinski definition) is 5. The molecule has 6 nitrogen and oxygen atoms in total. The van der Waals surface area contributed by atoms with Crippen LogP contribution in [0.4, 0.5) is 0 Å². The molecule has 1 N–H and O–H groups in total. The van der Waals surface area contributed by atoms with Gasteiger partial charge in [0.25, 0.3) is 5.91 Å². The highest BCUT2D eigenvalue weighted by Gasteiger charge is 2.08. The van der Waals surface area contributed by atoms with E-state index in [9.17, 15) is 4.79 Å². The summed E-state index contributed by atoms with van der Waals surface area (Å²) in [5.74, 6) is 1.35. The minimum atomic E-state index is -0.382. The van der Waals surface area contributed by atoms with Gasteiger partial charge in [-0.25, -0.2) is 5.43 Å². The van der Waals surface area contributed by atoms with E-state index in [2.05, 4.69) is 28.7 Å². The average molecular weight is 475 g/mol. The van der Waals surface area contributed by atoms with Crippen LogP contribution in [0.25, 0.3) is 10.8 Å². The molecule has 0 radical (unpaired) electrons. The molecule has 34 heavy (non-hydrogen) atoms. The SMILES string of the molecule is COc1ccc(/C=N\NC(=O)COc2ccc(Cl)cc2)cc1OCc1cccc2ccccc12. The van der Waals surface area contributed by atoms with Crippen LogP contribution < -0.4 is 19.6 Å². The Bertz CT molecular complexity index is 1300. The van der Waals surface area contributed by atoms with Crippen molar-refractivity contribution in [3.05, 3.63) is 101 Å². The minimum absolute atomic E-state index is 0.166. The van der Waals surface area contributed by atoms with Crippen molar-refractivity contribution in [1.29, 1.82) is 0 Å². The molecule has 7 heteroatoms. The number of ether oxygens (including phenoxy) is 3. The summed E-state index contributed by atoms with van der Waals surface area (Å²) in [5.41, 5.74) is 4.27. The molecular weight excluding hydrogens is 452 g/mol. The van der Waals surface area contributed by atoms with Gasteiger partial charge in [-0.1, -0.05) is 54.1 Å². The van der Waals surface area contributed by atoms with Crippen molar-refractivity contribution in [3.8, 4) is 17.2 Å². The Morgan fingerprint density at radius 3 is 2.56 bits per heavy atom. The fraction of sp³-hybridized carbons (Fsp3) is 0.111. The first-order chi connectivity index (χ1) is 16.6. The lowest BCUT2D eigenvalue weighted by atomic mass is 10.1. The highest BCUT2D eigenvalue weighted by atomic mass is 35.5. The molecule has 0 heterocycles. The van der Waals surface area contributed by atoms with Crippen molar-refractivity contribution in [3.63, 3.8) is 0 Å². The number of fused-ring (bicyclic) bond motifs is 1. The molecule has 4 rings (SSSR count). The second-order valence-corrected chi connectivity index (χ2v) is 7.81. The van der Waals surface area contributed by atoms with Crippen molar-refractivity contribution in [2.45, 2.75) is 6.61 Å². The molecule has 172 valence electrons. The van der Waals surface area contributed by atoms with E-state index in [0.717, 1.165) is 21.9 Å². The lowest BCUT2D eigenvalue weighted by Gasteiger charge is -2.13. The maximum Gasteiger partial charge on any atom is 0.277 e. The minimum Gasteiger partial charge on any atom is -0.493 e. The number of hydrogen-bond donors (Lipinski definition) is 1. The van der Waals surface area contributed by atoms with Crippen LogP contribution in [0, 0.1) is 0 Å². The summed E-state index contributed by atoms with van der Waals surface area (Å²) in [4.78, 5) is 12.0. The molecule has 0 aliphatic carbocycles. The highest BCUT2D eigenvalue weighted by molar-refractivity contribution is 6.30. The maximum absolute atomic E-state index is 12.0. The predicted octanol–water partition coefficient (Wildman–Crippen LogP) is 5.61. The molecule has 0 fully saturated rings. The van der Waals surface area contributed by atoms with E-state index in [1.165, 1.54) is 6.21 Å². The first-order valence-corrected chi connectivity index (χ1v) is 11.0. The van der Waals surface area contributed by atoms with Crippen LogP contribution in [0.15, 0.2) is 90.0 Å². The summed E-state index contributed by atoms with van der Waals surface area (Å²) in [6.45, 7) is 0.220. The molecule has 0 saturated heterocycles. The number of rotatable bonds is 9. The van der Waals surface area contributed by atoms with Crippen molar-refractivity contribution in [2.24, 2.45) is 5.10 Å². The molecule has 0 aliphatic rings. The number of nitrogens with zero attached hydrogens (tertiary/aromatic N) is 1. The Labute approximate surface area is 202 Å². The highest BCUT2D eigenvalue weighted by Crippen LogP contribution is 2.29. The Balaban J connectivity index is 1.37.